The Labute approximate surface area is 87.8 Å². The lowest BCUT2D eigenvalue weighted by molar-refractivity contribution is 0.106. The number of hydrogen-bond acceptors (Lipinski definition) is 3. The van der Waals surface area contributed by atoms with Gasteiger partial charge in [-0.1, -0.05) is 11.6 Å². The maximum Gasteiger partial charge on any atom is 0.264 e. The van der Waals surface area contributed by atoms with E-state index < -0.39 is 27.9 Å². The molecule has 1 aromatic heterocycles. The van der Waals surface area contributed by atoms with E-state index in [4.69, 9.17) is 28.9 Å². The maximum atomic E-state index is 12.4. The van der Waals surface area contributed by atoms with Crippen LogP contribution in [0.15, 0.2) is 6.07 Å². The number of anilines is 1. The van der Waals surface area contributed by atoms with Crippen molar-refractivity contribution in [3.05, 3.63) is 22.3 Å². The normalized spacial score (nSPS) is 10.6. The fourth-order valence-electron chi connectivity index (χ4n) is 0.919. The Balaban J connectivity index is 3.44. The molecule has 0 bridgehead atoms. The Morgan fingerprint density at radius 1 is 1.57 bits per heavy atom. The van der Waals surface area contributed by atoms with Gasteiger partial charge in [-0.05, 0) is 17.7 Å². The molecule has 0 atom stereocenters. The largest absolute Gasteiger partial charge is 0.384 e. The van der Waals surface area contributed by atoms with Crippen LogP contribution in [0.25, 0.3) is 0 Å². The molecule has 1 aromatic rings. The minimum Gasteiger partial charge on any atom is -0.384 e. The number of hydrogen-bond donors (Lipinski definition) is 1. The highest BCUT2D eigenvalue weighted by atomic mass is 35.5. The summed E-state index contributed by atoms with van der Waals surface area (Å²) in [6.07, 6.45) is -2.88. The number of carbonyl (C=O) groups excluding carboxylic acids is 1. The van der Waals surface area contributed by atoms with Crippen LogP contribution in [-0.2, 0) is 0 Å². The fraction of sp³-hybridized carbons (Fsp3) is 0.143. The molecule has 0 amide bonds. The lowest BCUT2D eigenvalue weighted by atomic mass is 10.1. The second-order valence-corrected chi connectivity index (χ2v) is 3.08. The number of aromatic nitrogens is 1. The van der Waals surface area contributed by atoms with Crippen molar-refractivity contribution in [2.45, 2.75) is 6.43 Å². The molecule has 0 saturated carbocycles. The number of nitrogens with two attached hydrogens (primary N) is 1. The minimum atomic E-state index is -2.88. The Morgan fingerprint density at radius 3 is 2.57 bits per heavy atom. The summed E-state index contributed by atoms with van der Waals surface area (Å²) in [4.78, 5) is 14.2. The number of alkyl halides is 2. The molecule has 7 heteroatoms. The van der Waals surface area contributed by atoms with Gasteiger partial charge in [-0.25, -0.2) is 13.8 Å². The van der Waals surface area contributed by atoms with E-state index >= 15 is 0 Å². The molecule has 0 aromatic carbocycles. The van der Waals surface area contributed by atoms with E-state index in [1.54, 1.807) is 0 Å². The maximum absolute atomic E-state index is 12.4. The smallest absolute Gasteiger partial charge is 0.264 e. The number of halogens is 4. The average molecular weight is 241 g/mol. The van der Waals surface area contributed by atoms with E-state index in [-0.39, 0.29) is 5.82 Å². The van der Waals surface area contributed by atoms with Crippen LogP contribution in [0.5, 0.6) is 0 Å². The second kappa shape index (κ2) is 4.06. The van der Waals surface area contributed by atoms with E-state index in [0.717, 1.165) is 6.07 Å². The van der Waals surface area contributed by atoms with Crippen LogP contribution in [0, 0.1) is 0 Å². The van der Waals surface area contributed by atoms with Crippen LogP contribution >= 0.6 is 23.2 Å². The van der Waals surface area contributed by atoms with Crippen LogP contribution in [-0.4, -0.2) is 10.2 Å². The van der Waals surface area contributed by atoms with Crippen LogP contribution in [0.1, 0.15) is 22.3 Å². The van der Waals surface area contributed by atoms with Gasteiger partial charge in [0.05, 0.1) is 5.56 Å². The first kappa shape index (κ1) is 11.1. The Bertz CT molecular complexity index is 384. The molecule has 3 nitrogen and oxygen atoms in total. The predicted octanol–water partition coefficient (Wildman–Crippen LogP) is 2.63. The molecule has 0 aliphatic carbocycles. The van der Waals surface area contributed by atoms with Gasteiger partial charge in [0.15, 0.2) is 0 Å². The van der Waals surface area contributed by atoms with Crippen molar-refractivity contribution in [2.24, 2.45) is 0 Å². The predicted molar refractivity (Wildman–Crippen MR) is 48.8 cm³/mol. The molecule has 0 fully saturated rings. The van der Waals surface area contributed by atoms with Crippen LogP contribution in [0.2, 0.25) is 5.15 Å². The zero-order valence-electron chi connectivity index (χ0n) is 6.60. The van der Waals surface area contributed by atoms with Crippen molar-refractivity contribution in [3.8, 4) is 0 Å². The summed E-state index contributed by atoms with van der Waals surface area (Å²) in [7, 11) is 0. The lowest BCUT2D eigenvalue weighted by Gasteiger charge is -2.07. The van der Waals surface area contributed by atoms with E-state index in [1.807, 2.05) is 0 Å². The summed E-state index contributed by atoms with van der Waals surface area (Å²) >= 11 is 10.5. The van der Waals surface area contributed by atoms with Gasteiger partial charge in [0.25, 0.3) is 11.7 Å². The monoisotopic (exact) mass is 240 g/mol. The molecule has 0 radical (unpaired) electrons. The third kappa shape index (κ3) is 2.10. The van der Waals surface area contributed by atoms with E-state index in [2.05, 4.69) is 4.98 Å². The number of pyridine rings is 1. The number of nitrogen functional groups attached to an aromatic ring is 1. The molecule has 1 heterocycles. The van der Waals surface area contributed by atoms with E-state index in [9.17, 15) is 13.6 Å². The van der Waals surface area contributed by atoms with Gasteiger partial charge in [0.1, 0.15) is 11.0 Å². The van der Waals surface area contributed by atoms with Crippen LogP contribution in [0.4, 0.5) is 14.6 Å². The molecule has 76 valence electrons. The van der Waals surface area contributed by atoms with Gasteiger partial charge in [-0.3, -0.25) is 4.79 Å². The number of nitrogens with zero attached hydrogens (tertiary/aromatic N) is 1. The fourth-order valence-corrected chi connectivity index (χ4v) is 1.46. The minimum absolute atomic E-state index is 0.188. The SMILES string of the molecule is Nc1cc(C(F)F)c(C(=O)Cl)c(Cl)n1. The lowest BCUT2D eigenvalue weighted by Crippen LogP contribution is -2.04. The first-order chi connectivity index (χ1) is 6.43. The van der Waals surface area contributed by atoms with Crippen molar-refractivity contribution in [2.75, 3.05) is 5.73 Å². The van der Waals surface area contributed by atoms with Gasteiger partial charge in [0, 0.05) is 5.56 Å². The standard InChI is InChI=1S/C7H4Cl2F2N2O/c8-5-4(6(9)14)2(7(10)11)1-3(12)13-5/h1,7H,(H2,12,13). The van der Waals surface area contributed by atoms with Crippen molar-refractivity contribution in [3.63, 3.8) is 0 Å². The number of carbonyl (C=O) groups is 1. The highest BCUT2D eigenvalue weighted by Gasteiger charge is 2.22. The van der Waals surface area contributed by atoms with Crippen molar-refractivity contribution in [1.29, 1.82) is 0 Å². The average Bonchev–Trinajstić information content (AvgIpc) is 2.01. The highest BCUT2D eigenvalue weighted by molar-refractivity contribution is 6.68. The molecular weight excluding hydrogens is 237 g/mol. The third-order valence-corrected chi connectivity index (χ3v) is 1.92. The molecule has 0 unspecified atom stereocenters. The van der Waals surface area contributed by atoms with Crippen LogP contribution < -0.4 is 5.73 Å². The van der Waals surface area contributed by atoms with Crippen LogP contribution in [0.3, 0.4) is 0 Å². The third-order valence-electron chi connectivity index (χ3n) is 1.46. The van der Waals surface area contributed by atoms with E-state index in [1.165, 1.54) is 0 Å². The molecule has 2 N–H and O–H groups in total. The van der Waals surface area contributed by atoms with Gasteiger partial charge < -0.3 is 5.73 Å². The van der Waals surface area contributed by atoms with Gasteiger partial charge in [-0.15, -0.1) is 0 Å². The molecule has 1 rings (SSSR count). The van der Waals surface area contributed by atoms with Gasteiger partial charge in [0.2, 0.25) is 0 Å². The van der Waals surface area contributed by atoms with Gasteiger partial charge >= 0.3 is 0 Å². The zero-order chi connectivity index (χ0) is 10.9. The summed E-state index contributed by atoms with van der Waals surface area (Å²) in [6, 6.07) is 0.867. The summed E-state index contributed by atoms with van der Waals surface area (Å²) < 4.78 is 24.8. The Kier molecular flexibility index (Phi) is 3.23. The summed E-state index contributed by atoms with van der Waals surface area (Å²) in [5.41, 5.74) is 4.07. The molecule has 14 heavy (non-hydrogen) atoms. The Morgan fingerprint density at radius 2 is 2.14 bits per heavy atom. The first-order valence-electron chi connectivity index (χ1n) is 3.37. The molecule has 0 aliphatic heterocycles. The zero-order valence-corrected chi connectivity index (χ0v) is 8.11. The molecule has 0 aliphatic rings. The van der Waals surface area contributed by atoms with Gasteiger partial charge in [-0.2, -0.15) is 0 Å². The quantitative estimate of drug-likeness (QED) is 0.639. The molecule has 0 saturated heterocycles. The highest BCUT2D eigenvalue weighted by Crippen LogP contribution is 2.29. The molecular formula is C7H4Cl2F2N2O. The summed E-state index contributed by atoms with van der Waals surface area (Å²) in [5.74, 6) is -0.188. The first-order valence-corrected chi connectivity index (χ1v) is 4.13. The Hall–Kier alpha value is -0.940. The van der Waals surface area contributed by atoms with Crippen molar-refractivity contribution >= 4 is 34.3 Å². The number of rotatable bonds is 2. The summed E-state index contributed by atoms with van der Waals surface area (Å²) in [5, 5.41) is -1.50. The topological polar surface area (TPSA) is 56.0 Å². The molecule has 0 spiro atoms. The van der Waals surface area contributed by atoms with Crippen molar-refractivity contribution < 1.29 is 13.6 Å². The summed E-state index contributed by atoms with van der Waals surface area (Å²) in [6.45, 7) is 0. The van der Waals surface area contributed by atoms with E-state index in [0.29, 0.717) is 0 Å². The van der Waals surface area contributed by atoms with Crippen molar-refractivity contribution in [1.82, 2.24) is 4.98 Å². The second-order valence-electron chi connectivity index (χ2n) is 2.38.